The first-order chi connectivity index (χ1) is 13.2. The van der Waals surface area contributed by atoms with Crippen LogP contribution in [0.5, 0.6) is 0 Å². The number of hydrogen-bond acceptors (Lipinski definition) is 3. The topological polar surface area (TPSA) is 58.6 Å². The van der Waals surface area contributed by atoms with Crippen LogP contribution in [0.2, 0.25) is 0 Å². The lowest BCUT2D eigenvalue weighted by molar-refractivity contribution is -0.125. The fourth-order valence-electron chi connectivity index (χ4n) is 3.42. The van der Waals surface area contributed by atoms with Crippen molar-refractivity contribution in [2.24, 2.45) is 0 Å². The lowest BCUT2D eigenvalue weighted by atomic mass is 10.0. The molecule has 27 heavy (non-hydrogen) atoms. The number of carbonyl (C=O) groups is 2. The summed E-state index contributed by atoms with van der Waals surface area (Å²) in [5, 5.41) is 2.94. The van der Waals surface area contributed by atoms with Gasteiger partial charge in [0.25, 0.3) is 5.91 Å². The van der Waals surface area contributed by atoms with E-state index in [1.807, 2.05) is 30.3 Å². The van der Waals surface area contributed by atoms with Crippen LogP contribution in [0, 0.1) is 0 Å². The van der Waals surface area contributed by atoms with Crippen molar-refractivity contribution in [1.29, 1.82) is 0 Å². The molecule has 0 spiro atoms. The number of methoxy groups -OCH3 is 1. The smallest absolute Gasteiger partial charge is 0.255 e. The van der Waals surface area contributed by atoms with Gasteiger partial charge in [0.05, 0.1) is 0 Å². The predicted molar refractivity (Wildman–Crippen MR) is 104 cm³/mol. The number of carbonyl (C=O) groups excluding carboxylic acids is 2. The van der Waals surface area contributed by atoms with Crippen molar-refractivity contribution in [3.8, 4) is 0 Å². The summed E-state index contributed by atoms with van der Waals surface area (Å²) in [4.78, 5) is 27.5. The molecule has 1 heterocycles. The molecule has 1 aliphatic rings. The number of nitrogens with zero attached hydrogens (tertiary/aromatic N) is 1. The Kier molecular flexibility index (Phi) is 6.24. The van der Waals surface area contributed by atoms with E-state index in [9.17, 15) is 9.59 Å². The average Bonchev–Trinajstić information content (AvgIpc) is 2.98. The van der Waals surface area contributed by atoms with Crippen LogP contribution in [0.1, 0.15) is 46.4 Å². The van der Waals surface area contributed by atoms with Crippen LogP contribution >= 0.6 is 0 Å². The van der Waals surface area contributed by atoms with Crippen molar-refractivity contribution in [3.05, 3.63) is 70.8 Å². The van der Waals surface area contributed by atoms with Crippen molar-refractivity contribution in [2.45, 2.75) is 32.4 Å². The first-order valence-electron chi connectivity index (χ1n) is 9.40. The Balaban J connectivity index is 1.81. The van der Waals surface area contributed by atoms with Gasteiger partial charge in [0.15, 0.2) is 0 Å². The Labute approximate surface area is 160 Å². The maximum Gasteiger partial charge on any atom is 0.255 e. The maximum atomic E-state index is 12.9. The first-order valence-corrected chi connectivity index (χ1v) is 9.40. The minimum Gasteiger partial charge on any atom is -0.385 e. The zero-order valence-electron chi connectivity index (χ0n) is 15.9. The quantitative estimate of drug-likeness (QED) is 0.731. The monoisotopic (exact) mass is 366 g/mol. The standard InChI is InChI=1S/C22H26N2O3/c1-3-16-9-11-17(12-10-16)15-24-20(21(25)23-13-6-14-27-2)18-7-4-5-8-19(18)22(24)26/h4-5,7-12,20H,3,6,13-15H2,1-2H3,(H,23,25)/t20-/m1/s1. The SMILES string of the molecule is CCc1ccc(CN2C(=O)c3ccccc3[C@@H]2C(=O)NCCCOC)cc1. The Morgan fingerprint density at radius 1 is 1.11 bits per heavy atom. The number of fused-ring (bicyclic) bond motifs is 1. The van der Waals surface area contributed by atoms with Crippen molar-refractivity contribution in [3.63, 3.8) is 0 Å². The minimum atomic E-state index is -0.595. The Bertz CT molecular complexity index is 801. The molecular weight excluding hydrogens is 340 g/mol. The van der Waals surface area contributed by atoms with Crippen LogP contribution in [-0.4, -0.2) is 37.0 Å². The second kappa shape index (κ2) is 8.82. The van der Waals surface area contributed by atoms with E-state index in [1.54, 1.807) is 18.1 Å². The molecule has 1 atom stereocenters. The van der Waals surface area contributed by atoms with Crippen LogP contribution in [0.25, 0.3) is 0 Å². The third kappa shape index (κ3) is 4.19. The molecule has 0 fully saturated rings. The van der Waals surface area contributed by atoms with E-state index in [0.717, 1.165) is 24.0 Å². The lowest BCUT2D eigenvalue weighted by Gasteiger charge is -2.25. The molecule has 0 saturated carbocycles. The predicted octanol–water partition coefficient (Wildman–Crippen LogP) is 3.10. The number of ether oxygens (including phenoxy) is 1. The largest absolute Gasteiger partial charge is 0.385 e. The summed E-state index contributed by atoms with van der Waals surface area (Å²) in [6, 6.07) is 15.0. The maximum absolute atomic E-state index is 12.9. The van der Waals surface area contributed by atoms with E-state index < -0.39 is 6.04 Å². The molecular formula is C22H26N2O3. The second-order valence-corrected chi connectivity index (χ2v) is 6.73. The highest BCUT2D eigenvalue weighted by Gasteiger charge is 2.40. The van der Waals surface area contributed by atoms with E-state index in [-0.39, 0.29) is 11.8 Å². The van der Waals surface area contributed by atoms with Gasteiger partial charge in [-0.3, -0.25) is 9.59 Å². The molecule has 5 nitrogen and oxygen atoms in total. The van der Waals surface area contributed by atoms with Gasteiger partial charge >= 0.3 is 0 Å². The van der Waals surface area contributed by atoms with E-state index in [1.165, 1.54) is 5.56 Å². The van der Waals surface area contributed by atoms with E-state index in [2.05, 4.69) is 24.4 Å². The summed E-state index contributed by atoms with van der Waals surface area (Å²) in [6.07, 6.45) is 1.71. The molecule has 2 aromatic rings. The third-order valence-electron chi connectivity index (χ3n) is 4.92. The highest BCUT2D eigenvalue weighted by atomic mass is 16.5. The van der Waals surface area contributed by atoms with Crippen LogP contribution in [0.3, 0.4) is 0 Å². The molecule has 5 heteroatoms. The van der Waals surface area contributed by atoms with Gasteiger partial charge in [-0.05, 0) is 35.6 Å². The molecule has 0 saturated heterocycles. The van der Waals surface area contributed by atoms with E-state index in [4.69, 9.17) is 4.74 Å². The number of benzene rings is 2. The Morgan fingerprint density at radius 2 is 1.81 bits per heavy atom. The number of nitrogens with one attached hydrogen (secondary N) is 1. The Hall–Kier alpha value is -2.66. The van der Waals surface area contributed by atoms with Gasteiger partial charge in [0.1, 0.15) is 6.04 Å². The molecule has 0 bridgehead atoms. The molecule has 1 aliphatic heterocycles. The van der Waals surface area contributed by atoms with Crippen molar-refractivity contribution in [2.75, 3.05) is 20.3 Å². The second-order valence-electron chi connectivity index (χ2n) is 6.73. The lowest BCUT2D eigenvalue weighted by Crippen LogP contribution is -2.39. The fourth-order valence-corrected chi connectivity index (χ4v) is 3.42. The summed E-state index contributed by atoms with van der Waals surface area (Å²) >= 11 is 0. The number of rotatable bonds is 8. The summed E-state index contributed by atoms with van der Waals surface area (Å²) in [7, 11) is 1.64. The fraction of sp³-hybridized carbons (Fsp3) is 0.364. The van der Waals surface area contributed by atoms with Crippen LogP contribution in [0.15, 0.2) is 48.5 Å². The van der Waals surface area contributed by atoms with Crippen molar-refractivity contribution >= 4 is 11.8 Å². The average molecular weight is 366 g/mol. The van der Waals surface area contributed by atoms with Gasteiger partial charge in [0, 0.05) is 32.4 Å². The van der Waals surface area contributed by atoms with Crippen molar-refractivity contribution in [1.82, 2.24) is 10.2 Å². The summed E-state index contributed by atoms with van der Waals surface area (Å²) in [5.74, 6) is -0.239. The van der Waals surface area contributed by atoms with Gasteiger partial charge in [0.2, 0.25) is 5.91 Å². The molecule has 0 aliphatic carbocycles. The third-order valence-corrected chi connectivity index (χ3v) is 4.92. The highest BCUT2D eigenvalue weighted by Crippen LogP contribution is 2.35. The van der Waals surface area contributed by atoms with Gasteiger partial charge in [-0.25, -0.2) is 0 Å². The molecule has 0 unspecified atom stereocenters. The van der Waals surface area contributed by atoms with Crippen LogP contribution in [0.4, 0.5) is 0 Å². The molecule has 0 radical (unpaired) electrons. The summed E-state index contributed by atoms with van der Waals surface area (Å²) in [5.41, 5.74) is 3.66. The van der Waals surface area contributed by atoms with Gasteiger partial charge in [-0.1, -0.05) is 49.4 Å². The van der Waals surface area contributed by atoms with E-state index >= 15 is 0 Å². The molecule has 3 rings (SSSR count). The first kappa shape index (κ1) is 19.1. The zero-order valence-corrected chi connectivity index (χ0v) is 15.9. The number of amides is 2. The van der Waals surface area contributed by atoms with Crippen molar-refractivity contribution < 1.29 is 14.3 Å². The molecule has 1 N–H and O–H groups in total. The number of aryl methyl sites for hydroxylation is 1. The summed E-state index contributed by atoms with van der Waals surface area (Å²) < 4.78 is 5.03. The highest BCUT2D eigenvalue weighted by molar-refractivity contribution is 6.04. The molecule has 2 amide bonds. The van der Waals surface area contributed by atoms with E-state index in [0.29, 0.717) is 25.3 Å². The zero-order chi connectivity index (χ0) is 19.2. The normalized spacial score (nSPS) is 15.7. The number of hydrogen-bond donors (Lipinski definition) is 1. The van der Waals surface area contributed by atoms with Gasteiger partial charge < -0.3 is 15.0 Å². The van der Waals surface area contributed by atoms with Crippen LogP contribution in [-0.2, 0) is 22.5 Å². The minimum absolute atomic E-state index is 0.0952. The van der Waals surface area contributed by atoms with Gasteiger partial charge in [-0.2, -0.15) is 0 Å². The molecule has 2 aromatic carbocycles. The van der Waals surface area contributed by atoms with Gasteiger partial charge in [-0.15, -0.1) is 0 Å². The molecule has 0 aromatic heterocycles. The Morgan fingerprint density at radius 3 is 2.52 bits per heavy atom. The molecule has 142 valence electrons. The van der Waals surface area contributed by atoms with Crippen LogP contribution < -0.4 is 5.32 Å². The summed E-state index contributed by atoms with van der Waals surface area (Å²) in [6.45, 7) is 3.64.